The number of ether oxygens (including phenoxy) is 1. The van der Waals surface area contributed by atoms with Crippen molar-refractivity contribution >= 4 is 23.2 Å². The summed E-state index contributed by atoms with van der Waals surface area (Å²) in [6.07, 6.45) is 0.901. The molecule has 0 fully saturated rings. The molecule has 96 valence electrons. The Hall–Kier alpha value is -0.320. The minimum absolute atomic E-state index is 0.0750. The van der Waals surface area contributed by atoms with E-state index in [0.29, 0.717) is 24.8 Å². The predicted octanol–water partition coefficient (Wildman–Crippen LogP) is 2.48. The molecule has 1 rings (SSSR count). The van der Waals surface area contributed by atoms with Gasteiger partial charge in [0.05, 0.1) is 13.2 Å². The molecule has 0 aliphatic rings. The molecule has 2 N–H and O–H groups in total. The van der Waals surface area contributed by atoms with Crippen LogP contribution in [0.3, 0.4) is 0 Å². The van der Waals surface area contributed by atoms with E-state index >= 15 is 0 Å². The summed E-state index contributed by atoms with van der Waals surface area (Å²) in [6, 6.07) is 5.43. The highest BCUT2D eigenvalue weighted by molar-refractivity contribution is 6.33. The van der Waals surface area contributed by atoms with Gasteiger partial charge in [0, 0.05) is 23.2 Å². The third-order valence-electron chi connectivity index (χ3n) is 2.20. The SMILES string of the molecule is OCCOCCCNCc1cc(Cl)ccc1Cl. The van der Waals surface area contributed by atoms with Gasteiger partial charge in [0.25, 0.3) is 0 Å². The van der Waals surface area contributed by atoms with Crippen LogP contribution in [0, 0.1) is 0 Å². The number of hydrogen-bond acceptors (Lipinski definition) is 3. The van der Waals surface area contributed by atoms with Crippen LogP contribution in [0.5, 0.6) is 0 Å². The van der Waals surface area contributed by atoms with Crippen molar-refractivity contribution in [2.24, 2.45) is 0 Å². The molecule has 0 aromatic heterocycles. The number of aliphatic hydroxyl groups excluding tert-OH is 1. The van der Waals surface area contributed by atoms with Crippen LogP contribution in [0.2, 0.25) is 10.0 Å². The molecule has 0 bridgehead atoms. The Kier molecular flexibility index (Phi) is 7.56. The average molecular weight is 278 g/mol. The van der Waals surface area contributed by atoms with E-state index < -0.39 is 0 Å². The second kappa shape index (κ2) is 8.72. The number of hydrogen-bond donors (Lipinski definition) is 2. The lowest BCUT2D eigenvalue weighted by Crippen LogP contribution is -2.17. The van der Waals surface area contributed by atoms with E-state index in [-0.39, 0.29) is 6.61 Å². The minimum atomic E-state index is 0.0750. The predicted molar refractivity (Wildman–Crippen MR) is 70.7 cm³/mol. The quantitative estimate of drug-likeness (QED) is 0.718. The number of aliphatic hydroxyl groups is 1. The van der Waals surface area contributed by atoms with Crippen molar-refractivity contribution in [3.8, 4) is 0 Å². The number of benzene rings is 1. The first-order chi connectivity index (χ1) is 8.24. The summed E-state index contributed by atoms with van der Waals surface area (Å²) in [4.78, 5) is 0. The van der Waals surface area contributed by atoms with Gasteiger partial charge in [-0.1, -0.05) is 23.2 Å². The number of halogens is 2. The summed E-state index contributed by atoms with van der Waals surface area (Å²) in [5.41, 5.74) is 0.996. The van der Waals surface area contributed by atoms with E-state index in [2.05, 4.69) is 5.32 Å². The van der Waals surface area contributed by atoms with Crippen molar-refractivity contribution in [2.45, 2.75) is 13.0 Å². The topological polar surface area (TPSA) is 41.5 Å². The van der Waals surface area contributed by atoms with Gasteiger partial charge in [-0.05, 0) is 36.7 Å². The molecule has 0 aliphatic heterocycles. The van der Waals surface area contributed by atoms with E-state index in [4.69, 9.17) is 33.0 Å². The van der Waals surface area contributed by atoms with Gasteiger partial charge in [0.1, 0.15) is 0 Å². The van der Waals surface area contributed by atoms with E-state index in [1.54, 1.807) is 12.1 Å². The van der Waals surface area contributed by atoms with Crippen LogP contribution in [-0.4, -0.2) is 31.5 Å². The smallest absolute Gasteiger partial charge is 0.0697 e. The molecule has 0 radical (unpaired) electrons. The molecule has 0 heterocycles. The lowest BCUT2D eigenvalue weighted by Gasteiger charge is -2.07. The van der Waals surface area contributed by atoms with Crippen molar-refractivity contribution < 1.29 is 9.84 Å². The second-order valence-corrected chi connectivity index (χ2v) is 4.45. The maximum Gasteiger partial charge on any atom is 0.0697 e. The van der Waals surface area contributed by atoms with Crippen LogP contribution in [0.15, 0.2) is 18.2 Å². The Morgan fingerprint density at radius 3 is 2.82 bits per heavy atom. The van der Waals surface area contributed by atoms with Crippen LogP contribution in [0.25, 0.3) is 0 Å². The lowest BCUT2D eigenvalue weighted by atomic mass is 10.2. The van der Waals surface area contributed by atoms with Crippen LogP contribution in [0.1, 0.15) is 12.0 Å². The van der Waals surface area contributed by atoms with E-state index in [9.17, 15) is 0 Å². The van der Waals surface area contributed by atoms with E-state index in [0.717, 1.165) is 23.6 Å². The Balaban J connectivity index is 2.15. The molecule has 3 nitrogen and oxygen atoms in total. The number of nitrogens with one attached hydrogen (secondary N) is 1. The molecule has 0 unspecified atom stereocenters. The number of rotatable bonds is 8. The highest BCUT2D eigenvalue weighted by Crippen LogP contribution is 2.20. The summed E-state index contributed by atoms with van der Waals surface area (Å²) < 4.78 is 5.14. The van der Waals surface area contributed by atoms with E-state index in [1.807, 2.05) is 6.07 Å². The van der Waals surface area contributed by atoms with Crippen molar-refractivity contribution in [1.29, 1.82) is 0 Å². The normalized spacial score (nSPS) is 10.8. The molecule has 0 spiro atoms. The Morgan fingerprint density at radius 1 is 1.24 bits per heavy atom. The first-order valence-corrected chi connectivity index (χ1v) is 6.33. The van der Waals surface area contributed by atoms with Crippen molar-refractivity contribution in [2.75, 3.05) is 26.4 Å². The van der Waals surface area contributed by atoms with Crippen molar-refractivity contribution in [3.63, 3.8) is 0 Å². The second-order valence-electron chi connectivity index (χ2n) is 3.60. The summed E-state index contributed by atoms with van der Waals surface area (Å²) in [7, 11) is 0. The third-order valence-corrected chi connectivity index (χ3v) is 2.80. The maximum atomic E-state index is 8.51. The standard InChI is InChI=1S/C12H17Cl2NO2/c13-11-2-3-12(14)10(8-11)9-15-4-1-6-17-7-5-16/h2-3,8,15-16H,1,4-7,9H2. The van der Waals surface area contributed by atoms with Gasteiger partial charge in [-0.3, -0.25) is 0 Å². The van der Waals surface area contributed by atoms with Gasteiger partial charge in [-0.15, -0.1) is 0 Å². The van der Waals surface area contributed by atoms with Crippen LogP contribution >= 0.6 is 23.2 Å². The van der Waals surface area contributed by atoms with Gasteiger partial charge in [0.15, 0.2) is 0 Å². The van der Waals surface area contributed by atoms with Gasteiger partial charge in [-0.2, -0.15) is 0 Å². The van der Waals surface area contributed by atoms with E-state index in [1.165, 1.54) is 0 Å². The average Bonchev–Trinajstić information content (AvgIpc) is 2.32. The molecule has 1 aromatic rings. The molecule has 0 atom stereocenters. The van der Waals surface area contributed by atoms with Gasteiger partial charge in [-0.25, -0.2) is 0 Å². The zero-order valence-electron chi connectivity index (χ0n) is 9.59. The minimum Gasteiger partial charge on any atom is -0.394 e. The lowest BCUT2D eigenvalue weighted by molar-refractivity contribution is 0.0907. The van der Waals surface area contributed by atoms with Crippen molar-refractivity contribution in [1.82, 2.24) is 5.32 Å². The van der Waals surface area contributed by atoms with Crippen LogP contribution < -0.4 is 5.32 Å². The zero-order valence-corrected chi connectivity index (χ0v) is 11.1. The molecule has 1 aromatic carbocycles. The molecule has 17 heavy (non-hydrogen) atoms. The monoisotopic (exact) mass is 277 g/mol. The third kappa shape index (κ3) is 6.24. The Bertz CT molecular complexity index is 334. The molecular weight excluding hydrogens is 261 g/mol. The van der Waals surface area contributed by atoms with Crippen molar-refractivity contribution in [3.05, 3.63) is 33.8 Å². The summed E-state index contributed by atoms with van der Waals surface area (Å²) in [5, 5.41) is 13.2. The fourth-order valence-corrected chi connectivity index (χ4v) is 1.75. The maximum absolute atomic E-state index is 8.51. The van der Waals surface area contributed by atoms with Crippen LogP contribution in [0.4, 0.5) is 0 Å². The fourth-order valence-electron chi connectivity index (χ4n) is 1.37. The van der Waals surface area contributed by atoms with Crippen LogP contribution in [-0.2, 0) is 11.3 Å². The summed E-state index contributed by atoms with van der Waals surface area (Å²) >= 11 is 11.9. The highest BCUT2D eigenvalue weighted by Gasteiger charge is 2.00. The summed E-state index contributed by atoms with van der Waals surface area (Å²) in [5.74, 6) is 0. The largest absolute Gasteiger partial charge is 0.394 e. The van der Waals surface area contributed by atoms with Gasteiger partial charge >= 0.3 is 0 Å². The fraction of sp³-hybridized carbons (Fsp3) is 0.500. The Labute approximate surface area is 112 Å². The first kappa shape index (κ1) is 14.7. The molecule has 0 amide bonds. The van der Waals surface area contributed by atoms with Gasteiger partial charge < -0.3 is 15.2 Å². The summed E-state index contributed by atoms with van der Waals surface area (Å²) in [6.45, 7) is 2.66. The Morgan fingerprint density at radius 2 is 2.06 bits per heavy atom. The molecular formula is C12H17Cl2NO2. The molecule has 0 saturated carbocycles. The van der Waals surface area contributed by atoms with Gasteiger partial charge in [0.2, 0.25) is 0 Å². The zero-order chi connectivity index (χ0) is 12.5. The first-order valence-electron chi connectivity index (χ1n) is 5.57. The molecule has 5 heteroatoms. The molecule has 0 saturated heterocycles. The highest BCUT2D eigenvalue weighted by atomic mass is 35.5. The molecule has 0 aliphatic carbocycles.